The van der Waals surface area contributed by atoms with Crippen molar-refractivity contribution in [1.82, 2.24) is 24.5 Å². The first kappa shape index (κ1) is 22.4. The van der Waals surface area contributed by atoms with Crippen LogP contribution in [0.3, 0.4) is 0 Å². The Hall–Kier alpha value is -5.36. The highest BCUT2D eigenvalue weighted by Gasteiger charge is 2.26. The highest BCUT2D eigenvalue weighted by molar-refractivity contribution is 6.10. The molecule has 0 aliphatic rings. The van der Waals surface area contributed by atoms with E-state index < -0.39 is 11.5 Å². The number of hydrogen-bond acceptors (Lipinski definition) is 6. The molecular weight excluding hydrogens is 454 g/mol. The Morgan fingerprint density at radius 3 is 2.25 bits per heavy atom. The molecule has 0 atom stereocenters. The zero-order valence-corrected chi connectivity index (χ0v) is 19.2. The molecule has 36 heavy (non-hydrogen) atoms. The van der Waals surface area contributed by atoms with Crippen molar-refractivity contribution in [3.05, 3.63) is 113 Å². The number of carbonyl (C=O) groups excluding carboxylic acids is 1. The number of nitriles is 1. The summed E-state index contributed by atoms with van der Waals surface area (Å²) >= 11 is 0. The average Bonchev–Trinajstić information content (AvgIpc) is 3.33. The van der Waals surface area contributed by atoms with Crippen LogP contribution in [0, 0.1) is 11.3 Å². The Morgan fingerprint density at radius 1 is 0.944 bits per heavy atom. The van der Waals surface area contributed by atoms with E-state index in [2.05, 4.69) is 20.5 Å². The van der Waals surface area contributed by atoms with E-state index in [0.29, 0.717) is 22.6 Å². The van der Waals surface area contributed by atoms with Crippen LogP contribution in [0.4, 0.5) is 5.82 Å². The molecule has 0 aliphatic carbocycles. The SMILES string of the molecule is Cn1nc(-c2ccccc2)c(-c2ccccc2)c(C(=O)Nc2c(C#N)cnn2-c2ccccn2)c1=O. The van der Waals surface area contributed by atoms with Gasteiger partial charge in [0.25, 0.3) is 11.5 Å². The smallest absolute Gasteiger partial charge is 0.280 e. The van der Waals surface area contributed by atoms with Crippen LogP contribution in [-0.4, -0.2) is 30.5 Å². The predicted octanol–water partition coefficient (Wildman–Crippen LogP) is 3.82. The fourth-order valence-electron chi connectivity index (χ4n) is 3.90. The highest BCUT2D eigenvalue weighted by Crippen LogP contribution is 2.32. The van der Waals surface area contributed by atoms with E-state index in [1.165, 1.54) is 17.9 Å². The molecule has 0 fully saturated rings. The second-order valence-corrected chi connectivity index (χ2v) is 7.83. The van der Waals surface area contributed by atoms with Gasteiger partial charge in [0.1, 0.15) is 17.2 Å². The third kappa shape index (κ3) is 4.03. The molecular formula is C27H19N7O2. The van der Waals surface area contributed by atoms with Crippen LogP contribution in [0.1, 0.15) is 15.9 Å². The summed E-state index contributed by atoms with van der Waals surface area (Å²) in [5, 5.41) is 21.1. The lowest BCUT2D eigenvalue weighted by Crippen LogP contribution is -2.31. The summed E-state index contributed by atoms with van der Waals surface area (Å²) in [5.41, 5.74) is 1.73. The number of aromatic nitrogens is 5. The molecule has 3 aromatic heterocycles. The molecule has 174 valence electrons. The van der Waals surface area contributed by atoms with Crippen LogP contribution >= 0.6 is 0 Å². The first-order valence-corrected chi connectivity index (χ1v) is 11.0. The van der Waals surface area contributed by atoms with Gasteiger partial charge in [-0.2, -0.15) is 20.1 Å². The number of amides is 1. The van der Waals surface area contributed by atoms with Crippen molar-refractivity contribution in [3.63, 3.8) is 0 Å². The first-order chi connectivity index (χ1) is 17.6. The second kappa shape index (κ2) is 9.48. The predicted molar refractivity (Wildman–Crippen MR) is 134 cm³/mol. The van der Waals surface area contributed by atoms with Crippen LogP contribution in [0.15, 0.2) is 96.1 Å². The summed E-state index contributed by atoms with van der Waals surface area (Å²) in [5.74, 6) is -0.172. The van der Waals surface area contributed by atoms with Gasteiger partial charge in [0.05, 0.1) is 11.9 Å². The molecule has 2 aromatic carbocycles. The number of aryl methyl sites for hydroxylation is 1. The number of pyridine rings is 1. The van der Waals surface area contributed by atoms with Crippen LogP contribution in [0.5, 0.6) is 0 Å². The minimum absolute atomic E-state index is 0.102. The van der Waals surface area contributed by atoms with Crippen molar-refractivity contribution in [3.8, 4) is 34.3 Å². The largest absolute Gasteiger partial charge is 0.305 e. The van der Waals surface area contributed by atoms with Crippen LogP contribution in [0.2, 0.25) is 0 Å². The number of benzene rings is 2. The summed E-state index contributed by atoms with van der Waals surface area (Å²) < 4.78 is 2.49. The van der Waals surface area contributed by atoms with Crippen molar-refractivity contribution in [2.45, 2.75) is 0 Å². The van der Waals surface area contributed by atoms with Crippen molar-refractivity contribution in [2.24, 2.45) is 7.05 Å². The molecule has 9 heteroatoms. The maximum absolute atomic E-state index is 13.8. The van der Waals surface area contributed by atoms with Gasteiger partial charge in [-0.3, -0.25) is 9.59 Å². The van der Waals surface area contributed by atoms with Gasteiger partial charge in [-0.25, -0.2) is 9.67 Å². The molecule has 0 saturated heterocycles. The minimum Gasteiger partial charge on any atom is -0.305 e. The Balaban J connectivity index is 1.72. The van der Waals surface area contributed by atoms with Gasteiger partial charge < -0.3 is 5.32 Å². The summed E-state index contributed by atoms with van der Waals surface area (Å²) in [6.45, 7) is 0. The molecule has 0 bridgehead atoms. The third-order valence-corrected chi connectivity index (χ3v) is 5.57. The first-order valence-electron chi connectivity index (χ1n) is 11.0. The minimum atomic E-state index is -0.691. The maximum Gasteiger partial charge on any atom is 0.280 e. The lowest BCUT2D eigenvalue weighted by atomic mass is 9.95. The summed E-state index contributed by atoms with van der Waals surface area (Å²) in [4.78, 5) is 31.4. The Labute approximate surface area is 205 Å². The Bertz CT molecular complexity index is 1650. The van der Waals surface area contributed by atoms with Gasteiger partial charge in [0, 0.05) is 24.4 Å². The standard InChI is InChI=1S/C27H19N7O2/c1-33-27(36)23(22(18-10-4-2-5-11-18)24(32-33)19-12-6-3-7-13-19)26(35)31-25-20(16-28)17-30-34(25)21-14-8-9-15-29-21/h2-15,17H,1H3,(H,31,35). The van der Waals surface area contributed by atoms with Gasteiger partial charge in [-0.1, -0.05) is 66.7 Å². The van der Waals surface area contributed by atoms with E-state index in [9.17, 15) is 14.9 Å². The van der Waals surface area contributed by atoms with E-state index in [1.807, 2.05) is 66.7 Å². The van der Waals surface area contributed by atoms with E-state index in [-0.39, 0.29) is 16.9 Å². The quantitative estimate of drug-likeness (QED) is 0.415. The van der Waals surface area contributed by atoms with E-state index in [1.54, 1.807) is 24.4 Å². The van der Waals surface area contributed by atoms with E-state index in [4.69, 9.17) is 0 Å². The molecule has 9 nitrogen and oxygen atoms in total. The summed E-state index contributed by atoms with van der Waals surface area (Å²) in [7, 11) is 1.50. The van der Waals surface area contributed by atoms with Gasteiger partial charge >= 0.3 is 0 Å². The summed E-state index contributed by atoms with van der Waals surface area (Å²) in [6.07, 6.45) is 2.91. The van der Waals surface area contributed by atoms with Gasteiger partial charge in [-0.05, 0) is 17.7 Å². The van der Waals surface area contributed by atoms with Gasteiger partial charge in [0.15, 0.2) is 11.6 Å². The van der Waals surface area contributed by atoms with Gasteiger partial charge in [-0.15, -0.1) is 0 Å². The van der Waals surface area contributed by atoms with E-state index >= 15 is 0 Å². The monoisotopic (exact) mass is 473 g/mol. The molecule has 0 unspecified atom stereocenters. The fraction of sp³-hybridized carbons (Fsp3) is 0.0370. The number of carbonyl (C=O) groups is 1. The zero-order valence-electron chi connectivity index (χ0n) is 19.2. The molecule has 0 aliphatic heterocycles. The second-order valence-electron chi connectivity index (χ2n) is 7.83. The number of nitrogens with one attached hydrogen (secondary N) is 1. The third-order valence-electron chi connectivity index (χ3n) is 5.57. The molecule has 0 radical (unpaired) electrons. The van der Waals surface area contributed by atoms with Crippen molar-refractivity contribution in [2.75, 3.05) is 5.32 Å². The molecule has 0 saturated carbocycles. The Morgan fingerprint density at radius 2 is 1.61 bits per heavy atom. The van der Waals surface area contributed by atoms with Crippen LogP contribution < -0.4 is 10.9 Å². The van der Waals surface area contributed by atoms with Crippen LogP contribution in [-0.2, 0) is 7.05 Å². The number of hydrogen-bond donors (Lipinski definition) is 1. The number of nitrogens with zero attached hydrogens (tertiary/aromatic N) is 6. The average molecular weight is 473 g/mol. The lowest BCUT2D eigenvalue weighted by molar-refractivity contribution is 0.102. The zero-order chi connectivity index (χ0) is 25.1. The van der Waals surface area contributed by atoms with Crippen LogP contribution in [0.25, 0.3) is 28.2 Å². The maximum atomic E-state index is 13.8. The van der Waals surface area contributed by atoms with Crippen molar-refractivity contribution < 1.29 is 4.79 Å². The topological polar surface area (TPSA) is 118 Å². The molecule has 0 spiro atoms. The molecule has 1 amide bonds. The van der Waals surface area contributed by atoms with Crippen molar-refractivity contribution >= 4 is 11.7 Å². The van der Waals surface area contributed by atoms with Crippen molar-refractivity contribution in [1.29, 1.82) is 5.26 Å². The molecule has 3 heterocycles. The lowest BCUT2D eigenvalue weighted by Gasteiger charge is -2.16. The highest BCUT2D eigenvalue weighted by atomic mass is 16.2. The number of anilines is 1. The fourth-order valence-corrected chi connectivity index (χ4v) is 3.90. The Kier molecular flexibility index (Phi) is 5.91. The summed E-state index contributed by atoms with van der Waals surface area (Å²) in [6, 6.07) is 25.7. The van der Waals surface area contributed by atoms with E-state index in [0.717, 1.165) is 10.2 Å². The molecule has 1 N–H and O–H groups in total. The number of rotatable bonds is 5. The molecule has 5 aromatic rings. The normalized spacial score (nSPS) is 10.6. The van der Waals surface area contributed by atoms with Gasteiger partial charge in [0.2, 0.25) is 0 Å². The molecule has 5 rings (SSSR count).